The number of amides is 1. The summed E-state index contributed by atoms with van der Waals surface area (Å²) in [5, 5.41) is 0.140. The molecule has 2 atom stereocenters. The number of anilines is 1. The minimum Gasteiger partial charge on any atom is -0.444 e. The Labute approximate surface area is 178 Å². The van der Waals surface area contributed by atoms with E-state index in [1.54, 1.807) is 27.7 Å². The van der Waals surface area contributed by atoms with Gasteiger partial charge in [0.15, 0.2) is 0 Å². The summed E-state index contributed by atoms with van der Waals surface area (Å²) in [5.74, 6) is 0. The molecule has 1 fully saturated rings. The zero-order valence-corrected chi connectivity index (χ0v) is 18.5. The molecule has 0 radical (unpaired) electrons. The second kappa shape index (κ2) is 8.08. The summed E-state index contributed by atoms with van der Waals surface area (Å²) in [6, 6.07) is 3.48. The van der Waals surface area contributed by atoms with Gasteiger partial charge in [-0.25, -0.2) is 8.98 Å². The van der Waals surface area contributed by atoms with Gasteiger partial charge in [-0.05, 0) is 58.2 Å². The monoisotopic (exact) mass is 472 g/mol. The molecule has 0 bridgehead atoms. The zero-order valence-electron chi connectivity index (χ0n) is 16.9. The molecule has 0 aromatic heterocycles. The number of ether oxygens (including phenoxy) is 1. The lowest BCUT2D eigenvalue weighted by atomic mass is 9.83. The molecule has 170 valence electrons. The number of benzene rings is 1. The van der Waals surface area contributed by atoms with Gasteiger partial charge in [0, 0.05) is 6.04 Å². The maximum absolute atomic E-state index is 13.1. The van der Waals surface area contributed by atoms with E-state index in [0.717, 1.165) is 4.90 Å². The SMILES string of the molecule is C[C@@H]1CCC(OS(=O)(=O)C(F)(F)F)(c2ccc(Cl)c(N)c2)CN1C(=O)OC(C)(C)C. The molecule has 2 rings (SSSR count). The summed E-state index contributed by atoms with van der Waals surface area (Å²) in [4.78, 5) is 13.8. The molecule has 1 aliphatic heterocycles. The number of nitrogens with two attached hydrogens (primary N) is 1. The topological polar surface area (TPSA) is 98.9 Å². The molecule has 12 heteroatoms. The van der Waals surface area contributed by atoms with Crippen molar-refractivity contribution in [1.29, 1.82) is 0 Å². The van der Waals surface area contributed by atoms with Crippen LogP contribution >= 0.6 is 11.6 Å². The van der Waals surface area contributed by atoms with Crippen LogP contribution in [-0.2, 0) is 24.6 Å². The van der Waals surface area contributed by atoms with Crippen LogP contribution in [0.3, 0.4) is 0 Å². The number of hydrogen-bond acceptors (Lipinski definition) is 6. The van der Waals surface area contributed by atoms with E-state index in [2.05, 4.69) is 0 Å². The molecule has 1 aliphatic rings. The first-order valence-electron chi connectivity index (χ1n) is 9.04. The lowest BCUT2D eigenvalue weighted by molar-refractivity contribution is -0.0825. The second-order valence-corrected chi connectivity index (χ2v) is 10.2. The standard InChI is InChI=1S/C18H24ClF3N2O5S/c1-11-7-8-17(29-30(26,27)18(20,21)22,12-5-6-13(19)14(23)9-12)10-24(11)15(25)28-16(2,3)4/h5-6,9,11H,7-8,10,23H2,1-4H3/t11-,17?/m1/s1. The van der Waals surface area contributed by atoms with Crippen LogP contribution < -0.4 is 5.73 Å². The highest BCUT2D eigenvalue weighted by molar-refractivity contribution is 7.87. The van der Waals surface area contributed by atoms with Gasteiger partial charge in [-0.1, -0.05) is 17.7 Å². The highest BCUT2D eigenvalue weighted by atomic mass is 35.5. The van der Waals surface area contributed by atoms with Gasteiger partial charge in [-0.3, -0.25) is 0 Å². The Balaban J connectivity index is 2.55. The second-order valence-electron chi connectivity index (χ2n) is 8.21. The summed E-state index contributed by atoms with van der Waals surface area (Å²) in [6.45, 7) is 6.10. The van der Waals surface area contributed by atoms with E-state index >= 15 is 0 Å². The van der Waals surface area contributed by atoms with Gasteiger partial charge in [0.25, 0.3) is 0 Å². The van der Waals surface area contributed by atoms with Crippen LogP contribution in [0.2, 0.25) is 5.02 Å². The molecule has 7 nitrogen and oxygen atoms in total. The third-order valence-electron chi connectivity index (χ3n) is 4.63. The van der Waals surface area contributed by atoms with Crippen LogP contribution in [0.4, 0.5) is 23.7 Å². The number of piperidine rings is 1. The molecule has 1 aromatic rings. The van der Waals surface area contributed by atoms with Crippen molar-refractivity contribution in [2.45, 2.75) is 63.3 Å². The number of likely N-dealkylation sites (tertiary alicyclic amines) is 1. The van der Waals surface area contributed by atoms with E-state index in [9.17, 15) is 26.4 Å². The predicted octanol–water partition coefficient (Wildman–Crippen LogP) is 4.40. The smallest absolute Gasteiger partial charge is 0.444 e. The van der Waals surface area contributed by atoms with E-state index < -0.39 is 45.5 Å². The molecular weight excluding hydrogens is 449 g/mol. The first kappa shape index (κ1) is 24.5. The number of rotatable bonds is 3. The molecule has 0 saturated carbocycles. The van der Waals surface area contributed by atoms with Gasteiger partial charge in [0.05, 0.1) is 17.3 Å². The van der Waals surface area contributed by atoms with Gasteiger partial charge in [0.2, 0.25) is 0 Å². The lowest BCUT2D eigenvalue weighted by Gasteiger charge is -2.45. The van der Waals surface area contributed by atoms with E-state index in [-0.39, 0.29) is 29.1 Å². The van der Waals surface area contributed by atoms with Gasteiger partial charge in [-0.15, -0.1) is 0 Å². The molecule has 0 spiro atoms. The molecule has 1 unspecified atom stereocenters. The van der Waals surface area contributed by atoms with Crippen molar-refractivity contribution in [3.8, 4) is 0 Å². The van der Waals surface area contributed by atoms with Crippen molar-refractivity contribution in [3.63, 3.8) is 0 Å². The molecule has 1 amide bonds. The van der Waals surface area contributed by atoms with Gasteiger partial charge in [0.1, 0.15) is 11.2 Å². The fourth-order valence-corrected chi connectivity index (χ4v) is 3.97. The number of nitrogens with zero attached hydrogens (tertiary/aromatic N) is 1. The summed E-state index contributed by atoms with van der Waals surface area (Å²) in [6.07, 6.45) is -0.743. The number of nitrogen functional groups attached to an aromatic ring is 1. The van der Waals surface area contributed by atoms with E-state index in [0.29, 0.717) is 0 Å². The van der Waals surface area contributed by atoms with E-state index in [1.165, 1.54) is 18.2 Å². The highest BCUT2D eigenvalue weighted by Gasteiger charge is 2.55. The minimum absolute atomic E-state index is 0.0315. The Morgan fingerprint density at radius 3 is 2.40 bits per heavy atom. The van der Waals surface area contributed by atoms with Crippen molar-refractivity contribution in [2.75, 3.05) is 12.3 Å². The Kier molecular flexibility index (Phi) is 6.61. The summed E-state index contributed by atoms with van der Waals surface area (Å²) < 4.78 is 73.2. The molecular formula is C18H24ClF3N2O5S. The van der Waals surface area contributed by atoms with Crippen LogP contribution in [0.25, 0.3) is 0 Å². The molecule has 1 heterocycles. The predicted molar refractivity (Wildman–Crippen MR) is 105 cm³/mol. The van der Waals surface area contributed by atoms with Gasteiger partial charge in [-0.2, -0.15) is 21.6 Å². The van der Waals surface area contributed by atoms with E-state index in [4.69, 9.17) is 26.3 Å². The Hall–Kier alpha value is -1.72. The molecule has 30 heavy (non-hydrogen) atoms. The number of alkyl halides is 3. The average Bonchev–Trinajstić information content (AvgIpc) is 2.56. The molecule has 1 saturated heterocycles. The highest BCUT2D eigenvalue weighted by Crippen LogP contribution is 2.43. The number of carbonyl (C=O) groups is 1. The van der Waals surface area contributed by atoms with Crippen molar-refractivity contribution in [3.05, 3.63) is 28.8 Å². The van der Waals surface area contributed by atoms with Crippen LogP contribution in [0, 0.1) is 0 Å². The fourth-order valence-electron chi connectivity index (χ4n) is 3.11. The molecule has 1 aromatic carbocycles. The minimum atomic E-state index is -5.98. The molecule has 2 N–H and O–H groups in total. The van der Waals surface area contributed by atoms with E-state index in [1.807, 2.05) is 0 Å². The van der Waals surface area contributed by atoms with Crippen LogP contribution in [0.5, 0.6) is 0 Å². The van der Waals surface area contributed by atoms with Crippen molar-refractivity contribution >= 4 is 33.5 Å². The zero-order chi connectivity index (χ0) is 23.1. The first-order valence-corrected chi connectivity index (χ1v) is 10.8. The summed E-state index contributed by atoms with van der Waals surface area (Å²) >= 11 is 5.90. The molecule has 0 aliphatic carbocycles. The number of halogens is 4. The summed E-state index contributed by atoms with van der Waals surface area (Å²) in [5.41, 5.74) is -2.66. The third kappa shape index (κ3) is 5.30. The van der Waals surface area contributed by atoms with Gasteiger partial charge < -0.3 is 15.4 Å². The summed E-state index contributed by atoms with van der Waals surface area (Å²) in [7, 11) is -5.98. The Morgan fingerprint density at radius 2 is 1.90 bits per heavy atom. The quantitative estimate of drug-likeness (QED) is 0.397. The average molecular weight is 473 g/mol. The Morgan fingerprint density at radius 1 is 1.30 bits per heavy atom. The van der Waals surface area contributed by atoms with Crippen LogP contribution in [0.1, 0.15) is 46.1 Å². The largest absolute Gasteiger partial charge is 0.523 e. The van der Waals surface area contributed by atoms with Gasteiger partial charge >= 0.3 is 21.7 Å². The third-order valence-corrected chi connectivity index (χ3v) is 6.08. The van der Waals surface area contributed by atoms with Crippen molar-refractivity contribution in [2.24, 2.45) is 0 Å². The van der Waals surface area contributed by atoms with Crippen LogP contribution in [0.15, 0.2) is 18.2 Å². The normalized spacial score (nSPS) is 23.3. The van der Waals surface area contributed by atoms with Crippen molar-refractivity contribution < 1.29 is 35.3 Å². The first-order chi connectivity index (χ1) is 13.5. The fraction of sp³-hybridized carbons (Fsp3) is 0.611. The van der Waals surface area contributed by atoms with Crippen LogP contribution in [-0.4, -0.2) is 43.1 Å². The van der Waals surface area contributed by atoms with Crippen molar-refractivity contribution in [1.82, 2.24) is 4.90 Å². The number of hydrogen-bond donors (Lipinski definition) is 1. The number of carbonyl (C=O) groups excluding carboxylic acids is 1. The lowest BCUT2D eigenvalue weighted by Crippen LogP contribution is -2.55. The maximum Gasteiger partial charge on any atom is 0.523 e. The Bertz CT molecular complexity index is 917. The maximum atomic E-state index is 13.1.